The van der Waals surface area contributed by atoms with Crippen LogP contribution in [-0.4, -0.2) is 25.1 Å². The molecule has 0 fully saturated rings. The Hall–Kier alpha value is -3.54. The Labute approximate surface area is 164 Å². The zero-order valence-corrected chi connectivity index (χ0v) is 16.4. The Bertz CT molecular complexity index is 965. The molecule has 0 radical (unpaired) electrons. The summed E-state index contributed by atoms with van der Waals surface area (Å²) in [6, 6.07) is 14.9. The van der Waals surface area contributed by atoms with Crippen LogP contribution in [0.15, 0.2) is 54.7 Å². The zero-order chi connectivity index (χ0) is 20.1. The molecule has 144 valence electrons. The minimum atomic E-state index is -0.275. The second kappa shape index (κ2) is 8.43. The number of rotatable bonds is 6. The third-order valence-electron chi connectivity index (χ3n) is 4.16. The monoisotopic (exact) mass is 377 g/mol. The molecule has 0 saturated carbocycles. The third kappa shape index (κ3) is 4.59. The van der Waals surface area contributed by atoms with Gasteiger partial charge in [0, 0.05) is 11.3 Å². The molecule has 28 heavy (non-hydrogen) atoms. The highest BCUT2D eigenvalue weighted by atomic mass is 16.5. The van der Waals surface area contributed by atoms with Crippen molar-refractivity contribution in [3.05, 3.63) is 71.4 Å². The van der Waals surface area contributed by atoms with E-state index in [1.54, 1.807) is 37.6 Å². The van der Waals surface area contributed by atoms with Gasteiger partial charge < -0.3 is 20.1 Å². The van der Waals surface area contributed by atoms with E-state index < -0.39 is 0 Å². The maximum atomic E-state index is 12.5. The second-order valence-corrected chi connectivity index (χ2v) is 6.46. The standard InChI is InChI=1S/C22H23N3O3/c1-14-9-15(2)11-18(10-14)24-17-6-8-21(23-13-17)25-22(26)16-5-7-19(27-3)20(12-16)28-4/h5-13,24H,1-4H3,(H,23,25,26). The number of pyridine rings is 1. The Morgan fingerprint density at radius 2 is 1.57 bits per heavy atom. The van der Waals surface area contributed by atoms with Crippen molar-refractivity contribution >= 4 is 23.1 Å². The molecule has 6 nitrogen and oxygen atoms in total. The number of anilines is 3. The maximum absolute atomic E-state index is 12.5. The normalized spacial score (nSPS) is 10.3. The lowest BCUT2D eigenvalue weighted by Gasteiger charge is -2.11. The largest absolute Gasteiger partial charge is 0.493 e. The Morgan fingerprint density at radius 1 is 0.857 bits per heavy atom. The van der Waals surface area contributed by atoms with Crippen molar-refractivity contribution < 1.29 is 14.3 Å². The molecule has 3 aromatic rings. The molecule has 3 rings (SSSR count). The van der Waals surface area contributed by atoms with Gasteiger partial charge in [-0.2, -0.15) is 0 Å². The molecule has 0 bridgehead atoms. The number of nitrogens with zero attached hydrogens (tertiary/aromatic N) is 1. The van der Waals surface area contributed by atoms with Crippen LogP contribution in [0.4, 0.5) is 17.2 Å². The first-order valence-corrected chi connectivity index (χ1v) is 8.83. The molecule has 6 heteroatoms. The van der Waals surface area contributed by atoms with Gasteiger partial charge in [-0.3, -0.25) is 4.79 Å². The van der Waals surface area contributed by atoms with E-state index in [4.69, 9.17) is 9.47 Å². The van der Waals surface area contributed by atoms with Crippen LogP contribution in [0.5, 0.6) is 11.5 Å². The summed E-state index contributed by atoms with van der Waals surface area (Å²) < 4.78 is 10.4. The van der Waals surface area contributed by atoms with Gasteiger partial charge >= 0.3 is 0 Å². The Kier molecular flexibility index (Phi) is 5.79. The van der Waals surface area contributed by atoms with Gasteiger partial charge in [-0.05, 0) is 67.4 Å². The van der Waals surface area contributed by atoms with Crippen LogP contribution in [0.3, 0.4) is 0 Å². The van der Waals surface area contributed by atoms with Crippen LogP contribution >= 0.6 is 0 Å². The number of carbonyl (C=O) groups is 1. The van der Waals surface area contributed by atoms with Crippen molar-refractivity contribution in [2.24, 2.45) is 0 Å². The highest BCUT2D eigenvalue weighted by molar-refractivity contribution is 6.04. The van der Waals surface area contributed by atoms with Crippen molar-refractivity contribution in [3.63, 3.8) is 0 Å². The molecule has 0 aliphatic heterocycles. The molecule has 0 saturated heterocycles. The summed E-state index contributed by atoms with van der Waals surface area (Å²) in [5.74, 6) is 1.25. The number of hydrogen-bond donors (Lipinski definition) is 2. The lowest BCUT2D eigenvalue weighted by molar-refractivity contribution is 0.102. The summed E-state index contributed by atoms with van der Waals surface area (Å²) in [6.07, 6.45) is 1.68. The molecular weight excluding hydrogens is 354 g/mol. The first kappa shape index (κ1) is 19.2. The van der Waals surface area contributed by atoms with Crippen molar-refractivity contribution in [1.29, 1.82) is 0 Å². The van der Waals surface area contributed by atoms with Gasteiger partial charge in [0.15, 0.2) is 11.5 Å². The van der Waals surface area contributed by atoms with E-state index in [-0.39, 0.29) is 5.91 Å². The number of hydrogen-bond acceptors (Lipinski definition) is 5. The number of nitrogens with one attached hydrogen (secondary N) is 2. The predicted octanol–water partition coefficient (Wildman–Crippen LogP) is 4.71. The highest BCUT2D eigenvalue weighted by Crippen LogP contribution is 2.28. The molecule has 0 aliphatic rings. The van der Waals surface area contributed by atoms with Crippen LogP contribution in [-0.2, 0) is 0 Å². The average Bonchev–Trinajstić information content (AvgIpc) is 2.68. The molecule has 1 heterocycles. The van der Waals surface area contributed by atoms with Crippen molar-refractivity contribution in [1.82, 2.24) is 4.98 Å². The van der Waals surface area contributed by atoms with E-state index >= 15 is 0 Å². The summed E-state index contributed by atoms with van der Waals surface area (Å²) >= 11 is 0. The Morgan fingerprint density at radius 3 is 2.18 bits per heavy atom. The van der Waals surface area contributed by atoms with E-state index in [0.29, 0.717) is 22.9 Å². The summed E-state index contributed by atoms with van der Waals surface area (Å²) in [5.41, 5.74) is 4.68. The molecule has 2 aromatic carbocycles. The van der Waals surface area contributed by atoms with Crippen molar-refractivity contribution in [3.8, 4) is 11.5 Å². The number of benzene rings is 2. The molecule has 1 amide bonds. The molecule has 0 spiro atoms. The molecular formula is C22H23N3O3. The number of ether oxygens (including phenoxy) is 2. The minimum absolute atomic E-state index is 0.275. The number of aryl methyl sites for hydroxylation is 2. The lowest BCUT2D eigenvalue weighted by atomic mass is 10.1. The number of aromatic nitrogens is 1. The lowest BCUT2D eigenvalue weighted by Crippen LogP contribution is -2.13. The summed E-state index contributed by atoms with van der Waals surface area (Å²) in [7, 11) is 3.08. The van der Waals surface area contributed by atoms with Crippen LogP contribution in [0.2, 0.25) is 0 Å². The van der Waals surface area contributed by atoms with E-state index in [9.17, 15) is 4.79 Å². The van der Waals surface area contributed by atoms with Gasteiger partial charge in [0.05, 0.1) is 26.1 Å². The predicted molar refractivity (Wildman–Crippen MR) is 111 cm³/mol. The fourth-order valence-electron chi connectivity index (χ4n) is 2.92. The van der Waals surface area contributed by atoms with Gasteiger partial charge in [0.1, 0.15) is 5.82 Å². The second-order valence-electron chi connectivity index (χ2n) is 6.46. The van der Waals surface area contributed by atoms with E-state index in [2.05, 4.69) is 47.7 Å². The van der Waals surface area contributed by atoms with Gasteiger partial charge in [-0.15, -0.1) is 0 Å². The fourth-order valence-corrected chi connectivity index (χ4v) is 2.92. The van der Waals surface area contributed by atoms with E-state index in [1.165, 1.54) is 18.2 Å². The van der Waals surface area contributed by atoms with Gasteiger partial charge in [0.2, 0.25) is 0 Å². The number of carbonyl (C=O) groups excluding carboxylic acids is 1. The van der Waals surface area contributed by atoms with Crippen LogP contribution < -0.4 is 20.1 Å². The Balaban J connectivity index is 1.69. The summed E-state index contributed by atoms with van der Waals surface area (Å²) in [6.45, 7) is 4.12. The smallest absolute Gasteiger partial charge is 0.256 e. The quantitative estimate of drug-likeness (QED) is 0.651. The first-order chi connectivity index (χ1) is 13.5. The number of amides is 1. The molecule has 0 atom stereocenters. The zero-order valence-electron chi connectivity index (χ0n) is 16.4. The van der Waals surface area contributed by atoms with Gasteiger partial charge in [-0.1, -0.05) is 6.07 Å². The average molecular weight is 377 g/mol. The molecule has 1 aromatic heterocycles. The topological polar surface area (TPSA) is 72.5 Å². The van der Waals surface area contributed by atoms with E-state index in [1.807, 2.05) is 6.07 Å². The molecule has 0 unspecified atom stereocenters. The molecule has 0 aliphatic carbocycles. The summed E-state index contributed by atoms with van der Waals surface area (Å²) in [5, 5.41) is 6.10. The van der Waals surface area contributed by atoms with Crippen molar-refractivity contribution in [2.75, 3.05) is 24.9 Å². The van der Waals surface area contributed by atoms with Crippen LogP contribution in [0.25, 0.3) is 0 Å². The third-order valence-corrected chi connectivity index (χ3v) is 4.16. The first-order valence-electron chi connectivity index (χ1n) is 8.83. The molecule has 2 N–H and O–H groups in total. The van der Waals surface area contributed by atoms with Crippen LogP contribution in [0, 0.1) is 13.8 Å². The SMILES string of the molecule is COc1ccc(C(=O)Nc2ccc(Nc3cc(C)cc(C)c3)cn2)cc1OC. The van der Waals surface area contributed by atoms with Gasteiger partial charge in [-0.25, -0.2) is 4.98 Å². The summed E-state index contributed by atoms with van der Waals surface area (Å²) in [4.78, 5) is 16.8. The number of methoxy groups -OCH3 is 2. The highest BCUT2D eigenvalue weighted by Gasteiger charge is 2.11. The maximum Gasteiger partial charge on any atom is 0.256 e. The van der Waals surface area contributed by atoms with Crippen LogP contribution in [0.1, 0.15) is 21.5 Å². The van der Waals surface area contributed by atoms with Crippen molar-refractivity contribution in [2.45, 2.75) is 13.8 Å². The van der Waals surface area contributed by atoms with E-state index in [0.717, 1.165) is 11.4 Å². The van der Waals surface area contributed by atoms with Gasteiger partial charge in [0.25, 0.3) is 5.91 Å². The minimum Gasteiger partial charge on any atom is -0.493 e. The fraction of sp³-hybridized carbons (Fsp3) is 0.182.